The Morgan fingerprint density at radius 2 is 1.79 bits per heavy atom. The topological polar surface area (TPSA) is 78.7 Å². The van der Waals surface area contributed by atoms with Gasteiger partial charge in [-0.1, -0.05) is 48.9 Å². The van der Waals surface area contributed by atoms with Gasteiger partial charge in [0.15, 0.2) is 5.96 Å². The van der Waals surface area contributed by atoms with Crippen LogP contribution in [0.1, 0.15) is 46.5 Å². The van der Waals surface area contributed by atoms with Gasteiger partial charge < -0.3 is 20.4 Å². The van der Waals surface area contributed by atoms with Crippen LogP contribution in [0.5, 0.6) is 0 Å². The van der Waals surface area contributed by atoms with Gasteiger partial charge in [0.2, 0.25) is 0 Å². The van der Waals surface area contributed by atoms with Crippen molar-refractivity contribution in [3.05, 3.63) is 95.4 Å². The molecular formula is C26H31IN4O2. The number of aliphatic imine (C=N–C) groups is 1. The second kappa shape index (κ2) is 11.9. The molecule has 1 fully saturated rings. The second-order valence-electron chi connectivity index (χ2n) is 8.24. The second-order valence-corrected chi connectivity index (χ2v) is 8.24. The molecule has 0 spiro atoms. The quantitative estimate of drug-likeness (QED) is 0.214. The molecule has 6 nitrogen and oxygen atoms in total. The van der Waals surface area contributed by atoms with Gasteiger partial charge in [0.05, 0.1) is 12.8 Å². The Labute approximate surface area is 212 Å². The number of guanidine groups is 1. The highest BCUT2D eigenvalue weighted by Gasteiger charge is 2.38. The molecule has 0 atom stereocenters. The number of rotatable bonds is 8. The molecule has 4 rings (SSSR count). The van der Waals surface area contributed by atoms with Crippen molar-refractivity contribution < 1.29 is 9.21 Å². The first-order valence-corrected chi connectivity index (χ1v) is 11.1. The first kappa shape index (κ1) is 24.8. The Kier molecular flexibility index (Phi) is 8.94. The molecule has 7 heteroatoms. The molecule has 0 radical (unpaired) electrons. The summed E-state index contributed by atoms with van der Waals surface area (Å²) >= 11 is 0. The molecule has 0 saturated heterocycles. The Hall–Kier alpha value is -2.81. The standard InChI is InChI=1S/C26H30N4O2.HI/c1-27-25(30-19-26(13-7-14-26)22-10-3-2-4-11-22)29-17-20-8-5-9-21(16-20)24(31)28-18-23-12-6-15-32-23;/h2-6,8-12,15-16H,7,13-14,17-19H2,1H3,(H,28,31)(H2,27,29,30);1H. The average Bonchev–Trinajstić information content (AvgIpc) is 3.33. The van der Waals surface area contributed by atoms with Crippen LogP contribution < -0.4 is 16.0 Å². The van der Waals surface area contributed by atoms with Crippen molar-refractivity contribution in [2.45, 2.75) is 37.8 Å². The minimum atomic E-state index is -0.124. The fourth-order valence-corrected chi connectivity index (χ4v) is 4.13. The maximum atomic E-state index is 12.5. The number of furan rings is 1. The fraction of sp³-hybridized carbons (Fsp3) is 0.308. The van der Waals surface area contributed by atoms with Gasteiger partial charge in [-0.2, -0.15) is 0 Å². The number of halogens is 1. The number of carbonyl (C=O) groups excluding carboxylic acids is 1. The summed E-state index contributed by atoms with van der Waals surface area (Å²) in [4.78, 5) is 16.8. The monoisotopic (exact) mass is 558 g/mol. The smallest absolute Gasteiger partial charge is 0.251 e. The van der Waals surface area contributed by atoms with Crippen LogP contribution in [0.3, 0.4) is 0 Å². The van der Waals surface area contributed by atoms with Crippen molar-refractivity contribution in [2.24, 2.45) is 4.99 Å². The Bertz CT molecular complexity index is 1050. The molecule has 33 heavy (non-hydrogen) atoms. The Morgan fingerprint density at radius 1 is 0.970 bits per heavy atom. The van der Waals surface area contributed by atoms with Gasteiger partial charge in [-0.15, -0.1) is 24.0 Å². The zero-order valence-electron chi connectivity index (χ0n) is 18.8. The maximum Gasteiger partial charge on any atom is 0.251 e. The summed E-state index contributed by atoms with van der Waals surface area (Å²) in [7, 11) is 1.78. The van der Waals surface area contributed by atoms with Crippen molar-refractivity contribution in [3.8, 4) is 0 Å². The van der Waals surface area contributed by atoms with Crippen molar-refractivity contribution in [3.63, 3.8) is 0 Å². The third-order valence-electron chi connectivity index (χ3n) is 6.17. The summed E-state index contributed by atoms with van der Waals surface area (Å²) in [6.45, 7) is 1.80. The van der Waals surface area contributed by atoms with Gasteiger partial charge in [0.1, 0.15) is 5.76 Å². The van der Waals surface area contributed by atoms with Gasteiger partial charge >= 0.3 is 0 Å². The van der Waals surface area contributed by atoms with E-state index in [2.05, 4.69) is 51.3 Å². The van der Waals surface area contributed by atoms with Crippen molar-refractivity contribution in [1.29, 1.82) is 0 Å². The van der Waals surface area contributed by atoms with Crippen LogP contribution in [0.2, 0.25) is 0 Å². The summed E-state index contributed by atoms with van der Waals surface area (Å²) in [5.74, 6) is 1.37. The first-order chi connectivity index (χ1) is 15.7. The lowest BCUT2D eigenvalue weighted by molar-refractivity contribution is 0.0948. The summed E-state index contributed by atoms with van der Waals surface area (Å²) in [5.41, 5.74) is 3.21. The fourth-order valence-electron chi connectivity index (χ4n) is 4.13. The highest BCUT2D eigenvalue weighted by molar-refractivity contribution is 14.0. The molecule has 1 heterocycles. The molecular weight excluding hydrogens is 527 g/mol. The molecule has 3 aromatic rings. The van der Waals surface area contributed by atoms with Gasteiger partial charge in [0, 0.05) is 31.1 Å². The molecule has 3 N–H and O–H groups in total. The predicted molar refractivity (Wildman–Crippen MR) is 142 cm³/mol. The molecule has 1 aliphatic carbocycles. The van der Waals surface area contributed by atoms with E-state index in [1.807, 2.05) is 30.3 Å². The number of amides is 1. The van der Waals surface area contributed by atoms with E-state index in [9.17, 15) is 4.79 Å². The van der Waals surface area contributed by atoms with Crippen molar-refractivity contribution >= 4 is 35.8 Å². The van der Waals surface area contributed by atoms with E-state index >= 15 is 0 Å². The minimum Gasteiger partial charge on any atom is -0.467 e. The number of hydrogen-bond donors (Lipinski definition) is 3. The highest BCUT2D eigenvalue weighted by Crippen LogP contribution is 2.43. The normalized spacial score (nSPS) is 14.5. The molecule has 1 aliphatic rings. The third kappa shape index (κ3) is 6.37. The largest absolute Gasteiger partial charge is 0.467 e. The van der Waals surface area contributed by atoms with E-state index < -0.39 is 0 Å². The van der Waals surface area contributed by atoms with Gasteiger partial charge in [-0.05, 0) is 48.2 Å². The van der Waals surface area contributed by atoms with E-state index in [1.165, 1.54) is 24.8 Å². The van der Waals surface area contributed by atoms with E-state index in [1.54, 1.807) is 19.4 Å². The third-order valence-corrected chi connectivity index (χ3v) is 6.17. The number of benzene rings is 2. The molecule has 0 aliphatic heterocycles. The van der Waals surface area contributed by atoms with Crippen LogP contribution in [0.15, 0.2) is 82.4 Å². The maximum absolute atomic E-state index is 12.5. The molecule has 0 bridgehead atoms. The van der Waals surface area contributed by atoms with E-state index in [0.717, 1.165) is 23.8 Å². The minimum absolute atomic E-state index is 0. The van der Waals surface area contributed by atoms with E-state index in [4.69, 9.17) is 4.42 Å². The van der Waals surface area contributed by atoms with Gasteiger partial charge in [0.25, 0.3) is 5.91 Å². The lowest BCUT2D eigenvalue weighted by atomic mass is 9.64. The number of nitrogens with one attached hydrogen (secondary N) is 3. The zero-order valence-corrected chi connectivity index (χ0v) is 21.2. The Morgan fingerprint density at radius 3 is 2.45 bits per heavy atom. The molecule has 1 aromatic heterocycles. The van der Waals surface area contributed by atoms with Crippen molar-refractivity contribution in [1.82, 2.24) is 16.0 Å². The number of hydrogen-bond acceptors (Lipinski definition) is 3. The van der Waals surface area contributed by atoms with Crippen LogP contribution in [-0.4, -0.2) is 25.5 Å². The summed E-state index contributed by atoms with van der Waals surface area (Å²) in [5, 5.41) is 9.75. The molecule has 1 saturated carbocycles. The van der Waals surface area contributed by atoms with Crippen LogP contribution in [-0.2, 0) is 18.5 Å². The SMILES string of the molecule is CN=C(NCc1cccc(C(=O)NCc2ccco2)c1)NCC1(c2ccccc2)CCC1.I. The van der Waals surface area contributed by atoms with Crippen LogP contribution in [0, 0.1) is 0 Å². The number of carbonyl (C=O) groups is 1. The van der Waals surface area contributed by atoms with E-state index in [-0.39, 0.29) is 35.3 Å². The molecule has 0 unspecified atom stereocenters. The van der Waals surface area contributed by atoms with Gasteiger partial charge in [-0.25, -0.2) is 0 Å². The van der Waals surface area contributed by atoms with Crippen molar-refractivity contribution in [2.75, 3.05) is 13.6 Å². The summed E-state index contributed by atoms with van der Waals surface area (Å²) < 4.78 is 5.26. The average molecular weight is 558 g/mol. The summed E-state index contributed by atoms with van der Waals surface area (Å²) in [6, 6.07) is 22.0. The molecule has 174 valence electrons. The first-order valence-electron chi connectivity index (χ1n) is 11.1. The van der Waals surface area contributed by atoms with E-state index in [0.29, 0.717) is 18.7 Å². The Balaban J connectivity index is 0.00000306. The van der Waals surface area contributed by atoms with Crippen LogP contribution >= 0.6 is 24.0 Å². The highest BCUT2D eigenvalue weighted by atomic mass is 127. The molecule has 2 aromatic carbocycles. The van der Waals surface area contributed by atoms with Crippen LogP contribution in [0.25, 0.3) is 0 Å². The van der Waals surface area contributed by atoms with Crippen LogP contribution in [0.4, 0.5) is 0 Å². The van der Waals surface area contributed by atoms with Gasteiger partial charge in [-0.3, -0.25) is 9.79 Å². The lowest BCUT2D eigenvalue weighted by Crippen LogP contribution is -2.48. The predicted octanol–water partition coefficient (Wildman–Crippen LogP) is 4.61. The summed E-state index contributed by atoms with van der Waals surface area (Å²) in [6.07, 6.45) is 5.24. The molecule has 1 amide bonds. The number of nitrogens with zero attached hydrogens (tertiary/aromatic N) is 1. The lowest BCUT2D eigenvalue weighted by Gasteiger charge is -2.43. The zero-order chi connectivity index (χ0) is 22.2.